The highest BCUT2D eigenvalue weighted by molar-refractivity contribution is 5.94. The van der Waals surface area contributed by atoms with Gasteiger partial charge in [-0.05, 0) is 18.6 Å². The minimum atomic E-state index is -0.146. The van der Waals surface area contributed by atoms with E-state index in [4.69, 9.17) is 9.52 Å². The van der Waals surface area contributed by atoms with Gasteiger partial charge in [0.2, 0.25) is 0 Å². The third-order valence-electron chi connectivity index (χ3n) is 2.48. The minimum Gasteiger partial charge on any atom is -0.444 e. The molecule has 0 spiro atoms. The molecule has 0 aliphatic heterocycles. The normalized spacial score (nSPS) is 10.3. The van der Waals surface area contributed by atoms with Crippen LogP contribution in [0.15, 0.2) is 41.3 Å². The molecule has 1 amide bonds. The molecule has 0 aliphatic carbocycles. The first-order valence-corrected chi connectivity index (χ1v) is 5.69. The van der Waals surface area contributed by atoms with Crippen molar-refractivity contribution in [2.24, 2.45) is 0 Å². The van der Waals surface area contributed by atoms with Gasteiger partial charge in [0.15, 0.2) is 12.2 Å². The molecule has 0 bridgehead atoms. The maximum absolute atomic E-state index is 11.7. The number of aliphatic hydroxyl groups excluding tert-OH is 1. The Morgan fingerprint density at radius 2 is 2.11 bits per heavy atom. The zero-order valence-corrected chi connectivity index (χ0v) is 9.80. The first-order chi connectivity index (χ1) is 8.81. The topological polar surface area (TPSA) is 75.4 Å². The molecule has 5 nitrogen and oxygen atoms in total. The molecular formula is C13H14N2O3. The summed E-state index contributed by atoms with van der Waals surface area (Å²) in [6.07, 6.45) is 3.54. The molecule has 1 aromatic carbocycles. The van der Waals surface area contributed by atoms with Crippen LogP contribution in [0.2, 0.25) is 0 Å². The second-order valence-corrected chi connectivity index (χ2v) is 3.78. The highest BCUT2D eigenvalue weighted by Gasteiger charge is 2.06. The summed E-state index contributed by atoms with van der Waals surface area (Å²) >= 11 is 0. The van der Waals surface area contributed by atoms with Crippen molar-refractivity contribution in [1.29, 1.82) is 0 Å². The lowest BCUT2D eigenvalue weighted by Crippen LogP contribution is -2.24. The number of carbonyl (C=O) groups is 1. The Kier molecular flexibility index (Phi) is 4.09. The lowest BCUT2D eigenvalue weighted by atomic mass is 10.1. The summed E-state index contributed by atoms with van der Waals surface area (Å²) in [4.78, 5) is 15.5. The zero-order valence-electron chi connectivity index (χ0n) is 9.80. The number of nitrogens with zero attached hydrogens (tertiary/aromatic N) is 1. The van der Waals surface area contributed by atoms with Crippen LogP contribution in [0.1, 0.15) is 16.8 Å². The Labute approximate surface area is 104 Å². The van der Waals surface area contributed by atoms with E-state index in [9.17, 15) is 4.79 Å². The molecule has 1 heterocycles. The molecule has 0 fully saturated rings. The van der Waals surface area contributed by atoms with E-state index in [0.29, 0.717) is 24.3 Å². The molecule has 0 radical (unpaired) electrons. The van der Waals surface area contributed by atoms with Gasteiger partial charge in [0, 0.05) is 24.3 Å². The number of hydrogen-bond donors (Lipinski definition) is 2. The fraction of sp³-hybridized carbons (Fsp3) is 0.231. The van der Waals surface area contributed by atoms with Crippen molar-refractivity contribution >= 4 is 5.91 Å². The Bertz CT molecular complexity index is 491. The van der Waals surface area contributed by atoms with Gasteiger partial charge < -0.3 is 14.8 Å². The quantitative estimate of drug-likeness (QED) is 0.783. The molecular weight excluding hydrogens is 232 g/mol. The molecule has 18 heavy (non-hydrogen) atoms. The minimum absolute atomic E-state index is 0.0741. The third kappa shape index (κ3) is 2.95. The molecule has 0 saturated heterocycles. The van der Waals surface area contributed by atoms with Gasteiger partial charge in [-0.2, -0.15) is 0 Å². The van der Waals surface area contributed by atoms with Crippen LogP contribution in [0.3, 0.4) is 0 Å². The van der Waals surface area contributed by atoms with E-state index in [1.807, 2.05) is 12.1 Å². The van der Waals surface area contributed by atoms with Gasteiger partial charge in [0.1, 0.15) is 0 Å². The first-order valence-electron chi connectivity index (χ1n) is 5.69. The Morgan fingerprint density at radius 3 is 2.72 bits per heavy atom. The summed E-state index contributed by atoms with van der Waals surface area (Å²) in [6, 6.07) is 7.07. The van der Waals surface area contributed by atoms with Crippen molar-refractivity contribution in [1.82, 2.24) is 10.3 Å². The highest BCUT2D eigenvalue weighted by Crippen LogP contribution is 2.18. The second-order valence-electron chi connectivity index (χ2n) is 3.78. The van der Waals surface area contributed by atoms with Gasteiger partial charge in [-0.25, -0.2) is 4.98 Å². The van der Waals surface area contributed by atoms with Gasteiger partial charge >= 0.3 is 0 Å². The summed E-state index contributed by atoms with van der Waals surface area (Å²) in [6.45, 7) is 0.546. The molecule has 2 aromatic rings. The lowest BCUT2D eigenvalue weighted by Gasteiger charge is -2.04. The summed E-state index contributed by atoms with van der Waals surface area (Å²) in [5.41, 5.74) is 1.45. The smallest absolute Gasteiger partial charge is 0.251 e. The Hall–Kier alpha value is -2.14. The van der Waals surface area contributed by atoms with Crippen LogP contribution in [0.25, 0.3) is 11.3 Å². The zero-order chi connectivity index (χ0) is 12.8. The molecule has 2 rings (SSSR count). The summed E-state index contributed by atoms with van der Waals surface area (Å²) in [5, 5.41) is 11.3. The number of benzene rings is 1. The lowest BCUT2D eigenvalue weighted by molar-refractivity contribution is 0.0951. The van der Waals surface area contributed by atoms with Crippen LogP contribution < -0.4 is 5.32 Å². The second kappa shape index (κ2) is 5.97. The number of carbonyl (C=O) groups excluding carboxylic acids is 1. The number of rotatable bonds is 5. The van der Waals surface area contributed by atoms with Gasteiger partial charge in [-0.3, -0.25) is 4.79 Å². The van der Waals surface area contributed by atoms with Crippen LogP contribution in [-0.2, 0) is 0 Å². The van der Waals surface area contributed by atoms with Crippen LogP contribution in [0, 0.1) is 0 Å². The third-order valence-corrected chi connectivity index (χ3v) is 2.48. The molecule has 1 aromatic heterocycles. The highest BCUT2D eigenvalue weighted by atomic mass is 16.3. The Morgan fingerprint density at radius 1 is 1.33 bits per heavy atom. The molecule has 5 heteroatoms. The van der Waals surface area contributed by atoms with E-state index in [1.165, 1.54) is 6.39 Å². The van der Waals surface area contributed by atoms with E-state index in [2.05, 4.69) is 10.3 Å². The number of amides is 1. The van der Waals surface area contributed by atoms with E-state index in [0.717, 1.165) is 5.56 Å². The SMILES string of the molecule is O=C(NCCCO)c1ccc(-c2cnco2)cc1. The average Bonchev–Trinajstić information content (AvgIpc) is 2.93. The van der Waals surface area contributed by atoms with Crippen LogP contribution in [-0.4, -0.2) is 29.1 Å². The van der Waals surface area contributed by atoms with Gasteiger partial charge in [0.05, 0.1) is 6.20 Å². The summed E-state index contributed by atoms with van der Waals surface area (Å²) in [7, 11) is 0. The maximum Gasteiger partial charge on any atom is 0.251 e. The van der Waals surface area contributed by atoms with E-state index >= 15 is 0 Å². The maximum atomic E-state index is 11.7. The van der Waals surface area contributed by atoms with Gasteiger partial charge in [-0.15, -0.1) is 0 Å². The van der Waals surface area contributed by atoms with Gasteiger partial charge in [0.25, 0.3) is 5.91 Å². The van der Waals surface area contributed by atoms with Crippen LogP contribution in [0.5, 0.6) is 0 Å². The monoisotopic (exact) mass is 246 g/mol. The number of hydrogen-bond acceptors (Lipinski definition) is 4. The van der Waals surface area contributed by atoms with E-state index in [-0.39, 0.29) is 12.5 Å². The molecule has 0 saturated carbocycles. The van der Waals surface area contributed by atoms with Crippen molar-refractivity contribution in [2.75, 3.05) is 13.2 Å². The predicted octanol–water partition coefficient (Wildman–Crippen LogP) is 1.45. The number of oxazole rings is 1. The number of aromatic nitrogens is 1. The summed E-state index contributed by atoms with van der Waals surface area (Å²) in [5.74, 6) is 0.523. The van der Waals surface area contributed by atoms with Crippen molar-refractivity contribution in [3.05, 3.63) is 42.4 Å². The Balaban J connectivity index is 2.01. The predicted molar refractivity (Wildman–Crippen MR) is 66.0 cm³/mol. The fourth-order valence-electron chi connectivity index (χ4n) is 1.53. The van der Waals surface area contributed by atoms with E-state index < -0.39 is 0 Å². The number of aliphatic hydroxyl groups is 1. The molecule has 94 valence electrons. The van der Waals surface area contributed by atoms with Crippen molar-refractivity contribution in [3.63, 3.8) is 0 Å². The van der Waals surface area contributed by atoms with Crippen molar-refractivity contribution in [2.45, 2.75) is 6.42 Å². The first kappa shape index (κ1) is 12.3. The van der Waals surface area contributed by atoms with Crippen LogP contribution >= 0.6 is 0 Å². The van der Waals surface area contributed by atoms with Gasteiger partial charge in [-0.1, -0.05) is 12.1 Å². The molecule has 2 N–H and O–H groups in total. The van der Waals surface area contributed by atoms with Crippen molar-refractivity contribution in [3.8, 4) is 11.3 Å². The average molecular weight is 246 g/mol. The molecule has 0 atom stereocenters. The largest absolute Gasteiger partial charge is 0.444 e. The molecule has 0 aliphatic rings. The fourth-order valence-corrected chi connectivity index (χ4v) is 1.53. The van der Waals surface area contributed by atoms with Crippen LogP contribution in [0.4, 0.5) is 0 Å². The standard InChI is InChI=1S/C13H14N2O3/c16-7-1-6-15-13(17)11-4-2-10(3-5-11)12-8-14-9-18-12/h2-5,8-9,16H,1,6-7H2,(H,15,17). The van der Waals surface area contributed by atoms with Crippen molar-refractivity contribution < 1.29 is 14.3 Å². The number of nitrogens with one attached hydrogen (secondary N) is 1. The van der Waals surface area contributed by atoms with E-state index in [1.54, 1.807) is 18.3 Å². The molecule has 0 unspecified atom stereocenters. The summed E-state index contributed by atoms with van der Waals surface area (Å²) < 4.78 is 5.16.